The summed E-state index contributed by atoms with van der Waals surface area (Å²) >= 11 is 0. The van der Waals surface area contributed by atoms with E-state index in [1.165, 1.54) is 7.11 Å². The van der Waals surface area contributed by atoms with E-state index < -0.39 is 23.5 Å². The Morgan fingerprint density at radius 2 is 1.34 bits per heavy atom. The Bertz CT molecular complexity index is 1540. The average molecular weight is 434 g/mol. The third kappa shape index (κ3) is 2.78. The van der Waals surface area contributed by atoms with Gasteiger partial charge in [-0.05, 0) is 62.1 Å². The molecule has 0 amide bonds. The van der Waals surface area contributed by atoms with Gasteiger partial charge in [0.25, 0.3) is 0 Å². The smallest absolute Gasteiger partial charge is 0.344 e. The molecule has 0 spiro atoms. The lowest BCUT2D eigenvalue weighted by Crippen LogP contribution is -2.28. The fourth-order valence-electron chi connectivity index (χ4n) is 4.75. The molecule has 2 aromatic heterocycles. The number of hydrogen-bond acceptors (Lipinski definition) is 7. The first-order valence-corrected chi connectivity index (χ1v) is 10.3. The van der Waals surface area contributed by atoms with Crippen LogP contribution in [0.4, 0.5) is 0 Å². The van der Waals surface area contributed by atoms with Crippen LogP contribution in [0.1, 0.15) is 39.3 Å². The van der Waals surface area contributed by atoms with Crippen molar-refractivity contribution >= 4 is 21.9 Å². The summed E-state index contributed by atoms with van der Waals surface area (Å²) in [4.78, 5) is 26.1. The predicted molar refractivity (Wildman–Crippen MR) is 119 cm³/mol. The summed E-state index contributed by atoms with van der Waals surface area (Å²) in [5.41, 5.74) is 2.71. The third-order valence-corrected chi connectivity index (χ3v) is 6.03. The zero-order chi connectivity index (χ0) is 22.9. The van der Waals surface area contributed by atoms with Crippen molar-refractivity contribution in [1.82, 2.24) is 0 Å². The molecular formula is C25H22O7. The van der Waals surface area contributed by atoms with Crippen molar-refractivity contribution in [2.24, 2.45) is 0 Å². The molecular weight excluding hydrogens is 412 g/mol. The Kier molecular flexibility index (Phi) is 4.43. The number of aromatic hydroxyl groups is 1. The highest BCUT2D eigenvalue weighted by Gasteiger charge is 2.44. The van der Waals surface area contributed by atoms with Gasteiger partial charge in [0.1, 0.15) is 22.7 Å². The van der Waals surface area contributed by atoms with Crippen LogP contribution in [-0.4, -0.2) is 18.5 Å². The molecule has 4 aromatic rings. The van der Waals surface area contributed by atoms with Crippen molar-refractivity contribution < 1.29 is 23.4 Å². The first kappa shape index (κ1) is 20.3. The number of fused-ring (bicyclic) bond motifs is 4. The SMILES string of the molecule is COC1Oc2c(c(=O)oc3c(C)cc(C)cc23)C1c1c(O)c2cc(C)cc(C)c2oc1=O. The number of rotatable bonds is 2. The maximum atomic E-state index is 13.1. The molecule has 2 atom stereocenters. The van der Waals surface area contributed by atoms with E-state index in [9.17, 15) is 14.7 Å². The summed E-state index contributed by atoms with van der Waals surface area (Å²) in [6.45, 7) is 7.46. The molecule has 3 heterocycles. The molecule has 164 valence electrons. The number of methoxy groups -OCH3 is 1. The molecule has 32 heavy (non-hydrogen) atoms. The van der Waals surface area contributed by atoms with Crippen molar-refractivity contribution in [3.05, 3.63) is 78.5 Å². The van der Waals surface area contributed by atoms with E-state index in [2.05, 4.69) is 0 Å². The molecule has 7 heteroatoms. The van der Waals surface area contributed by atoms with Gasteiger partial charge in [-0.1, -0.05) is 12.1 Å². The molecule has 5 rings (SSSR count). The van der Waals surface area contributed by atoms with Crippen molar-refractivity contribution in [1.29, 1.82) is 0 Å². The van der Waals surface area contributed by atoms with Gasteiger partial charge < -0.3 is 23.4 Å². The summed E-state index contributed by atoms with van der Waals surface area (Å²) in [5.74, 6) is -0.983. The van der Waals surface area contributed by atoms with Crippen LogP contribution in [0.3, 0.4) is 0 Å². The van der Waals surface area contributed by atoms with Crippen LogP contribution >= 0.6 is 0 Å². The van der Waals surface area contributed by atoms with E-state index in [0.29, 0.717) is 27.7 Å². The molecule has 1 N–H and O–H groups in total. The second-order valence-electron chi connectivity index (χ2n) is 8.40. The van der Waals surface area contributed by atoms with E-state index in [-0.39, 0.29) is 16.9 Å². The van der Waals surface area contributed by atoms with E-state index >= 15 is 0 Å². The maximum Gasteiger partial charge on any atom is 0.344 e. The van der Waals surface area contributed by atoms with E-state index in [0.717, 1.165) is 22.3 Å². The van der Waals surface area contributed by atoms with E-state index in [1.807, 2.05) is 39.0 Å². The lowest BCUT2D eigenvalue weighted by atomic mass is 9.91. The van der Waals surface area contributed by atoms with Gasteiger partial charge in [-0.25, -0.2) is 9.59 Å². The molecule has 2 aromatic carbocycles. The van der Waals surface area contributed by atoms with Crippen LogP contribution in [-0.2, 0) is 4.74 Å². The van der Waals surface area contributed by atoms with Crippen LogP contribution in [0, 0.1) is 27.7 Å². The number of benzene rings is 2. The van der Waals surface area contributed by atoms with Gasteiger partial charge in [-0.2, -0.15) is 0 Å². The third-order valence-electron chi connectivity index (χ3n) is 6.03. The Labute approximate surface area is 182 Å². The first-order valence-electron chi connectivity index (χ1n) is 10.3. The Hall–Kier alpha value is -3.58. The Balaban J connectivity index is 1.87. The lowest BCUT2D eigenvalue weighted by Gasteiger charge is -2.18. The van der Waals surface area contributed by atoms with Crippen LogP contribution in [0.5, 0.6) is 11.5 Å². The minimum absolute atomic E-state index is 0.0934. The summed E-state index contributed by atoms with van der Waals surface area (Å²) < 4.78 is 22.7. The van der Waals surface area contributed by atoms with Gasteiger partial charge in [0.2, 0.25) is 6.29 Å². The summed E-state index contributed by atoms with van der Waals surface area (Å²) in [6, 6.07) is 7.36. The van der Waals surface area contributed by atoms with Crippen LogP contribution < -0.4 is 16.0 Å². The van der Waals surface area contributed by atoms with Crippen molar-refractivity contribution in [2.75, 3.05) is 7.11 Å². The molecule has 1 aliphatic heterocycles. The van der Waals surface area contributed by atoms with Gasteiger partial charge in [0.05, 0.1) is 27.8 Å². The highest BCUT2D eigenvalue weighted by molar-refractivity contribution is 5.90. The molecule has 0 fully saturated rings. The molecule has 1 aliphatic rings. The molecule has 0 bridgehead atoms. The maximum absolute atomic E-state index is 13.1. The normalized spacial score (nSPS) is 17.7. The second kappa shape index (κ2) is 6.97. The van der Waals surface area contributed by atoms with Crippen molar-refractivity contribution in [3.63, 3.8) is 0 Å². The monoisotopic (exact) mass is 434 g/mol. The van der Waals surface area contributed by atoms with Gasteiger partial charge in [0, 0.05) is 7.11 Å². The van der Waals surface area contributed by atoms with Crippen molar-refractivity contribution in [3.8, 4) is 11.5 Å². The average Bonchev–Trinajstić information content (AvgIpc) is 3.10. The van der Waals surface area contributed by atoms with Crippen LogP contribution in [0.2, 0.25) is 0 Å². The van der Waals surface area contributed by atoms with Gasteiger partial charge in [-0.15, -0.1) is 0 Å². The fraction of sp³-hybridized carbons (Fsp3) is 0.280. The first-order chi connectivity index (χ1) is 15.2. The second-order valence-corrected chi connectivity index (χ2v) is 8.40. The van der Waals surface area contributed by atoms with E-state index in [4.69, 9.17) is 18.3 Å². The predicted octanol–water partition coefficient (Wildman–Crippen LogP) is 4.34. The molecule has 0 saturated carbocycles. The van der Waals surface area contributed by atoms with Gasteiger partial charge in [-0.3, -0.25) is 0 Å². The molecule has 2 unspecified atom stereocenters. The van der Waals surface area contributed by atoms with E-state index in [1.54, 1.807) is 13.0 Å². The highest BCUT2D eigenvalue weighted by atomic mass is 16.7. The molecule has 0 aliphatic carbocycles. The molecule has 0 saturated heterocycles. The van der Waals surface area contributed by atoms with Crippen LogP contribution in [0.25, 0.3) is 21.9 Å². The standard InChI is InChI=1S/C25H22O7/c1-10-6-12(3)20-14(8-10)19(26)17(23(27)30-20)16-18-22(32-25(16)29-5)15-9-11(2)7-13(4)21(15)31-24(18)28/h6-9,16,25-26H,1-5H3. The summed E-state index contributed by atoms with van der Waals surface area (Å²) in [7, 11) is 1.41. The zero-order valence-electron chi connectivity index (χ0n) is 18.4. The van der Waals surface area contributed by atoms with Gasteiger partial charge in [0.15, 0.2) is 0 Å². The summed E-state index contributed by atoms with van der Waals surface area (Å²) in [6.07, 6.45) is -1.02. The topological polar surface area (TPSA) is 99.1 Å². The number of ether oxygens (including phenoxy) is 2. The Morgan fingerprint density at radius 1 is 0.812 bits per heavy atom. The van der Waals surface area contributed by atoms with Gasteiger partial charge >= 0.3 is 11.3 Å². The number of aryl methyl sites for hydroxylation is 4. The molecule has 7 nitrogen and oxygen atoms in total. The molecule has 0 radical (unpaired) electrons. The highest BCUT2D eigenvalue weighted by Crippen LogP contribution is 2.47. The minimum atomic E-state index is -1.02. The lowest BCUT2D eigenvalue weighted by molar-refractivity contribution is -0.0472. The van der Waals surface area contributed by atoms with Crippen LogP contribution in [0.15, 0.2) is 42.7 Å². The largest absolute Gasteiger partial charge is 0.507 e. The quantitative estimate of drug-likeness (QED) is 0.469. The number of hydrogen-bond donors (Lipinski definition) is 1. The summed E-state index contributed by atoms with van der Waals surface area (Å²) in [5, 5.41) is 12.2. The minimum Gasteiger partial charge on any atom is -0.507 e. The zero-order valence-corrected chi connectivity index (χ0v) is 18.4. The fourth-order valence-corrected chi connectivity index (χ4v) is 4.75. The van der Waals surface area contributed by atoms with Crippen molar-refractivity contribution in [2.45, 2.75) is 39.9 Å². The Morgan fingerprint density at radius 3 is 1.94 bits per heavy atom.